The zero-order valence-electron chi connectivity index (χ0n) is 8.65. The average Bonchev–Trinajstić information content (AvgIpc) is 2.26. The first-order chi connectivity index (χ1) is 7.17. The van der Waals surface area contributed by atoms with Gasteiger partial charge in [-0.05, 0) is 24.6 Å². The molecule has 1 aromatic carbocycles. The van der Waals surface area contributed by atoms with Crippen molar-refractivity contribution < 1.29 is 14.3 Å². The fourth-order valence-electron chi connectivity index (χ4n) is 1.10. The molecule has 0 saturated carbocycles. The Labute approximate surface area is 92.8 Å². The van der Waals surface area contributed by atoms with E-state index in [0.717, 1.165) is 16.7 Å². The van der Waals surface area contributed by atoms with Crippen LogP contribution in [-0.4, -0.2) is 25.1 Å². The lowest BCUT2D eigenvalue weighted by atomic mass is 10.2. The van der Waals surface area contributed by atoms with E-state index in [1.165, 1.54) is 18.9 Å². The highest BCUT2D eigenvalue weighted by atomic mass is 32.2. The first kappa shape index (κ1) is 11.8. The van der Waals surface area contributed by atoms with Gasteiger partial charge in [0, 0.05) is 10.5 Å². The third-order valence-electron chi connectivity index (χ3n) is 1.91. The van der Waals surface area contributed by atoms with E-state index < -0.39 is 0 Å². The van der Waals surface area contributed by atoms with Crippen molar-refractivity contribution in [1.82, 2.24) is 0 Å². The summed E-state index contributed by atoms with van der Waals surface area (Å²) in [5.74, 6) is 0.0384. The standard InChI is InChI=1S/C11H12O3S/c1-8-5-9(6-12)3-4-10(8)15-7-11(13)14-2/h3-6H,7H2,1-2H3. The van der Waals surface area contributed by atoms with E-state index in [4.69, 9.17) is 0 Å². The Hall–Kier alpha value is -1.29. The summed E-state index contributed by atoms with van der Waals surface area (Å²) in [5.41, 5.74) is 1.64. The maximum absolute atomic E-state index is 10.9. The molecule has 0 bridgehead atoms. The van der Waals surface area contributed by atoms with Crippen molar-refractivity contribution in [2.75, 3.05) is 12.9 Å². The van der Waals surface area contributed by atoms with Crippen molar-refractivity contribution in [3.05, 3.63) is 29.3 Å². The molecule has 4 heteroatoms. The van der Waals surface area contributed by atoms with Gasteiger partial charge in [-0.15, -0.1) is 11.8 Å². The van der Waals surface area contributed by atoms with E-state index in [2.05, 4.69) is 4.74 Å². The summed E-state index contributed by atoms with van der Waals surface area (Å²) in [6.45, 7) is 1.91. The molecule has 0 aromatic heterocycles. The predicted molar refractivity (Wildman–Crippen MR) is 59.3 cm³/mol. The van der Waals surface area contributed by atoms with Gasteiger partial charge in [0.05, 0.1) is 12.9 Å². The monoisotopic (exact) mass is 224 g/mol. The highest BCUT2D eigenvalue weighted by Gasteiger charge is 2.04. The maximum Gasteiger partial charge on any atom is 0.315 e. The fourth-order valence-corrected chi connectivity index (χ4v) is 1.95. The third kappa shape index (κ3) is 3.40. The minimum atomic E-state index is -0.251. The van der Waals surface area contributed by atoms with E-state index in [9.17, 15) is 9.59 Å². The predicted octanol–water partition coefficient (Wildman–Crippen LogP) is 2.07. The molecule has 0 saturated heterocycles. The van der Waals surface area contributed by atoms with E-state index in [-0.39, 0.29) is 11.7 Å². The Bertz CT molecular complexity index is 374. The van der Waals surface area contributed by atoms with Crippen molar-refractivity contribution >= 4 is 24.0 Å². The number of hydrogen-bond donors (Lipinski definition) is 0. The van der Waals surface area contributed by atoms with Gasteiger partial charge in [0.25, 0.3) is 0 Å². The quantitative estimate of drug-likeness (QED) is 0.446. The number of benzene rings is 1. The minimum Gasteiger partial charge on any atom is -0.468 e. The average molecular weight is 224 g/mol. The molecule has 3 nitrogen and oxygen atoms in total. The van der Waals surface area contributed by atoms with Crippen LogP contribution in [0.15, 0.2) is 23.1 Å². The number of aldehydes is 1. The normalized spacial score (nSPS) is 9.73. The molecule has 0 heterocycles. The second-order valence-electron chi connectivity index (χ2n) is 3.01. The zero-order valence-corrected chi connectivity index (χ0v) is 9.47. The van der Waals surface area contributed by atoms with E-state index in [1.54, 1.807) is 12.1 Å². The van der Waals surface area contributed by atoms with Crippen LogP contribution in [0.1, 0.15) is 15.9 Å². The molecule has 80 valence electrons. The summed E-state index contributed by atoms with van der Waals surface area (Å²) in [4.78, 5) is 22.4. The number of rotatable bonds is 4. The van der Waals surface area contributed by atoms with Crippen LogP contribution in [0, 0.1) is 6.92 Å². The molecule has 15 heavy (non-hydrogen) atoms. The summed E-state index contributed by atoms with van der Waals surface area (Å²) in [6, 6.07) is 5.37. The van der Waals surface area contributed by atoms with Crippen LogP contribution < -0.4 is 0 Å². The lowest BCUT2D eigenvalue weighted by Crippen LogP contribution is -2.03. The minimum absolute atomic E-state index is 0.251. The Morgan fingerprint density at radius 1 is 1.53 bits per heavy atom. The molecule has 1 aromatic rings. The first-order valence-corrected chi connectivity index (χ1v) is 5.41. The largest absolute Gasteiger partial charge is 0.468 e. The van der Waals surface area contributed by atoms with Gasteiger partial charge in [-0.2, -0.15) is 0 Å². The molecule has 0 aliphatic heterocycles. The van der Waals surface area contributed by atoms with Gasteiger partial charge in [0.2, 0.25) is 0 Å². The van der Waals surface area contributed by atoms with Crippen molar-refractivity contribution in [3.8, 4) is 0 Å². The lowest BCUT2D eigenvalue weighted by Gasteiger charge is -2.04. The van der Waals surface area contributed by atoms with Crippen LogP contribution in [-0.2, 0) is 9.53 Å². The van der Waals surface area contributed by atoms with Crippen LogP contribution >= 0.6 is 11.8 Å². The first-order valence-electron chi connectivity index (χ1n) is 4.43. The SMILES string of the molecule is COC(=O)CSc1ccc(C=O)cc1C. The molecule has 0 amide bonds. The van der Waals surface area contributed by atoms with Crippen molar-refractivity contribution in [2.24, 2.45) is 0 Å². The van der Waals surface area contributed by atoms with Gasteiger partial charge >= 0.3 is 5.97 Å². The number of esters is 1. The van der Waals surface area contributed by atoms with Crippen LogP contribution in [0.2, 0.25) is 0 Å². The summed E-state index contributed by atoms with van der Waals surface area (Å²) < 4.78 is 4.54. The number of methoxy groups -OCH3 is 1. The Morgan fingerprint density at radius 2 is 2.27 bits per heavy atom. The highest BCUT2D eigenvalue weighted by Crippen LogP contribution is 2.22. The molecule has 1 rings (SSSR count). The number of thioether (sulfide) groups is 1. The molecule has 0 atom stereocenters. The summed E-state index contributed by atoms with van der Waals surface area (Å²) in [7, 11) is 1.37. The summed E-state index contributed by atoms with van der Waals surface area (Å²) >= 11 is 1.41. The van der Waals surface area contributed by atoms with Crippen LogP contribution in [0.25, 0.3) is 0 Å². The summed E-state index contributed by atoms with van der Waals surface area (Å²) in [5, 5.41) is 0. The second kappa shape index (κ2) is 5.56. The topological polar surface area (TPSA) is 43.4 Å². The smallest absolute Gasteiger partial charge is 0.315 e. The Morgan fingerprint density at radius 3 is 2.80 bits per heavy atom. The fraction of sp³-hybridized carbons (Fsp3) is 0.273. The molecule has 0 spiro atoms. The number of carbonyl (C=O) groups is 2. The van der Waals surface area contributed by atoms with Gasteiger partial charge in [-0.25, -0.2) is 0 Å². The number of aryl methyl sites for hydroxylation is 1. The molecule has 0 fully saturated rings. The second-order valence-corrected chi connectivity index (χ2v) is 4.02. The van der Waals surface area contributed by atoms with Crippen molar-refractivity contribution in [1.29, 1.82) is 0 Å². The molecule has 0 aliphatic rings. The van der Waals surface area contributed by atoms with Gasteiger partial charge in [0.15, 0.2) is 0 Å². The Kier molecular flexibility index (Phi) is 4.37. The van der Waals surface area contributed by atoms with Gasteiger partial charge < -0.3 is 4.74 Å². The van der Waals surface area contributed by atoms with E-state index >= 15 is 0 Å². The molecule has 0 unspecified atom stereocenters. The lowest BCUT2D eigenvalue weighted by molar-refractivity contribution is -0.137. The van der Waals surface area contributed by atoms with Crippen molar-refractivity contribution in [2.45, 2.75) is 11.8 Å². The van der Waals surface area contributed by atoms with E-state index in [1.807, 2.05) is 13.0 Å². The third-order valence-corrected chi connectivity index (χ3v) is 3.06. The Balaban J connectivity index is 2.70. The maximum atomic E-state index is 10.9. The molecule has 0 aliphatic carbocycles. The van der Waals surface area contributed by atoms with Crippen molar-refractivity contribution in [3.63, 3.8) is 0 Å². The highest BCUT2D eigenvalue weighted by molar-refractivity contribution is 8.00. The van der Waals surface area contributed by atoms with Gasteiger partial charge in [-0.1, -0.05) is 6.07 Å². The number of carbonyl (C=O) groups excluding carboxylic acids is 2. The van der Waals surface area contributed by atoms with E-state index in [0.29, 0.717) is 5.56 Å². The molecule has 0 N–H and O–H groups in total. The summed E-state index contributed by atoms with van der Waals surface area (Å²) in [6.07, 6.45) is 0.807. The van der Waals surface area contributed by atoms with Crippen LogP contribution in [0.5, 0.6) is 0 Å². The van der Waals surface area contributed by atoms with Gasteiger partial charge in [0.1, 0.15) is 6.29 Å². The van der Waals surface area contributed by atoms with Crippen LogP contribution in [0.4, 0.5) is 0 Å². The van der Waals surface area contributed by atoms with Gasteiger partial charge in [-0.3, -0.25) is 9.59 Å². The molecule has 0 radical (unpaired) electrons. The number of hydrogen-bond acceptors (Lipinski definition) is 4. The van der Waals surface area contributed by atoms with Crippen LogP contribution in [0.3, 0.4) is 0 Å². The zero-order chi connectivity index (χ0) is 11.3. The molecular formula is C11H12O3S. The molecular weight excluding hydrogens is 212 g/mol. The number of ether oxygens (including phenoxy) is 1.